The van der Waals surface area contributed by atoms with Crippen molar-refractivity contribution < 1.29 is 9.53 Å². The van der Waals surface area contributed by atoms with E-state index in [0.29, 0.717) is 29.7 Å². The molecule has 1 amide bonds. The number of nitrogens with two attached hydrogens (primary N) is 1. The van der Waals surface area contributed by atoms with Gasteiger partial charge in [0, 0.05) is 24.8 Å². The molecule has 0 aliphatic carbocycles. The molecule has 0 aromatic heterocycles. The lowest BCUT2D eigenvalue weighted by molar-refractivity contribution is -0.117. The van der Waals surface area contributed by atoms with Crippen molar-refractivity contribution in [1.82, 2.24) is 9.80 Å². The van der Waals surface area contributed by atoms with Crippen molar-refractivity contribution in [3.05, 3.63) is 18.2 Å². The van der Waals surface area contributed by atoms with Crippen LogP contribution >= 0.6 is 0 Å². The summed E-state index contributed by atoms with van der Waals surface area (Å²) < 4.78 is 5.23. The van der Waals surface area contributed by atoms with Crippen LogP contribution in [0.4, 0.5) is 11.4 Å². The maximum atomic E-state index is 12.2. The summed E-state index contributed by atoms with van der Waals surface area (Å²) in [6, 6.07) is 5.74. The topological polar surface area (TPSA) is 70.8 Å². The highest BCUT2D eigenvalue weighted by Crippen LogP contribution is 2.26. The number of carbonyl (C=O) groups is 1. The number of nitrogens with one attached hydrogen (secondary N) is 1. The zero-order chi connectivity index (χ0) is 15.4. The third-order valence-corrected chi connectivity index (χ3v) is 3.84. The van der Waals surface area contributed by atoms with Gasteiger partial charge < -0.3 is 20.7 Å². The summed E-state index contributed by atoms with van der Waals surface area (Å²) in [6.45, 7) is 2.26. The van der Waals surface area contributed by atoms with Gasteiger partial charge in [0.15, 0.2) is 0 Å². The van der Waals surface area contributed by atoms with Gasteiger partial charge >= 0.3 is 0 Å². The molecule has 1 aromatic rings. The Balaban J connectivity index is 1.92. The Morgan fingerprint density at radius 3 is 2.90 bits per heavy atom. The summed E-state index contributed by atoms with van der Waals surface area (Å²) in [5.41, 5.74) is 6.96. The van der Waals surface area contributed by atoms with Crippen molar-refractivity contribution >= 4 is 17.3 Å². The molecule has 0 saturated carbocycles. The van der Waals surface area contributed by atoms with Gasteiger partial charge in [0.2, 0.25) is 5.91 Å². The molecule has 1 aromatic carbocycles. The van der Waals surface area contributed by atoms with Gasteiger partial charge in [-0.1, -0.05) is 0 Å². The average molecular weight is 292 g/mol. The smallest absolute Gasteiger partial charge is 0.238 e. The number of hydrogen-bond acceptors (Lipinski definition) is 5. The van der Waals surface area contributed by atoms with Crippen LogP contribution in [0.15, 0.2) is 18.2 Å². The van der Waals surface area contributed by atoms with Crippen LogP contribution in [0.5, 0.6) is 5.75 Å². The molecule has 1 heterocycles. The van der Waals surface area contributed by atoms with Gasteiger partial charge in [-0.3, -0.25) is 9.69 Å². The molecule has 116 valence electrons. The zero-order valence-corrected chi connectivity index (χ0v) is 12.9. The van der Waals surface area contributed by atoms with E-state index in [9.17, 15) is 4.79 Å². The highest BCUT2D eigenvalue weighted by Gasteiger charge is 2.25. The molecule has 1 fully saturated rings. The van der Waals surface area contributed by atoms with Gasteiger partial charge in [0.25, 0.3) is 0 Å². The number of hydrogen-bond donors (Lipinski definition) is 2. The highest BCUT2D eigenvalue weighted by atomic mass is 16.5. The molecule has 2 rings (SSSR count). The fourth-order valence-corrected chi connectivity index (χ4v) is 2.59. The van der Waals surface area contributed by atoms with Crippen LogP contribution in [0.1, 0.15) is 6.42 Å². The summed E-state index contributed by atoms with van der Waals surface area (Å²) in [4.78, 5) is 16.5. The average Bonchev–Trinajstić information content (AvgIpc) is 2.87. The van der Waals surface area contributed by atoms with Crippen LogP contribution in [0.2, 0.25) is 0 Å². The maximum absolute atomic E-state index is 12.2. The normalized spacial score (nSPS) is 19.0. The molecule has 1 atom stereocenters. The molecule has 21 heavy (non-hydrogen) atoms. The molecule has 3 N–H and O–H groups in total. The van der Waals surface area contributed by atoms with Crippen molar-refractivity contribution in [3.8, 4) is 5.75 Å². The maximum Gasteiger partial charge on any atom is 0.238 e. The summed E-state index contributed by atoms with van der Waals surface area (Å²) in [5, 5.41) is 2.87. The summed E-state index contributed by atoms with van der Waals surface area (Å²) >= 11 is 0. The number of likely N-dealkylation sites (N-methyl/N-ethyl adjacent to an activating group) is 1. The second-order valence-corrected chi connectivity index (χ2v) is 5.65. The summed E-state index contributed by atoms with van der Waals surface area (Å²) in [6.07, 6.45) is 1.10. The number of rotatable bonds is 5. The van der Waals surface area contributed by atoms with E-state index >= 15 is 0 Å². The fourth-order valence-electron chi connectivity index (χ4n) is 2.59. The zero-order valence-electron chi connectivity index (χ0n) is 12.9. The molecule has 6 nitrogen and oxygen atoms in total. The molecule has 0 radical (unpaired) electrons. The molecular weight excluding hydrogens is 268 g/mol. The van der Waals surface area contributed by atoms with Crippen molar-refractivity contribution in [1.29, 1.82) is 0 Å². The van der Waals surface area contributed by atoms with E-state index in [1.165, 1.54) is 0 Å². The third kappa shape index (κ3) is 4.09. The van der Waals surface area contributed by atoms with Crippen LogP contribution in [0.3, 0.4) is 0 Å². The van der Waals surface area contributed by atoms with Crippen molar-refractivity contribution in [3.63, 3.8) is 0 Å². The number of nitrogen functional groups attached to an aromatic ring is 1. The minimum Gasteiger partial charge on any atom is -0.495 e. The van der Waals surface area contributed by atoms with Crippen LogP contribution in [0, 0.1) is 0 Å². The van der Waals surface area contributed by atoms with E-state index in [2.05, 4.69) is 29.2 Å². The molecule has 1 aliphatic heterocycles. The first-order valence-corrected chi connectivity index (χ1v) is 7.11. The number of nitrogens with zero attached hydrogens (tertiary/aromatic N) is 2. The number of anilines is 2. The first-order chi connectivity index (χ1) is 9.99. The number of amides is 1. The quantitative estimate of drug-likeness (QED) is 0.787. The molecule has 1 saturated heterocycles. The van der Waals surface area contributed by atoms with Crippen LogP contribution < -0.4 is 15.8 Å². The molecule has 6 heteroatoms. The van der Waals surface area contributed by atoms with Gasteiger partial charge in [-0.25, -0.2) is 0 Å². The number of benzene rings is 1. The van der Waals surface area contributed by atoms with Gasteiger partial charge in [-0.05, 0) is 38.7 Å². The van der Waals surface area contributed by atoms with Crippen LogP contribution in [-0.4, -0.2) is 62.6 Å². The van der Waals surface area contributed by atoms with Gasteiger partial charge in [-0.15, -0.1) is 0 Å². The second kappa shape index (κ2) is 6.78. The first kappa shape index (κ1) is 15.6. The Labute approximate surface area is 125 Å². The lowest BCUT2D eigenvalue weighted by atomic mass is 10.2. The van der Waals surface area contributed by atoms with E-state index in [0.717, 1.165) is 19.5 Å². The molecular formula is C15H24N4O2. The Morgan fingerprint density at radius 2 is 2.29 bits per heavy atom. The Morgan fingerprint density at radius 1 is 1.52 bits per heavy atom. The monoisotopic (exact) mass is 292 g/mol. The number of carbonyl (C=O) groups excluding carboxylic acids is 1. The Bertz CT molecular complexity index is 504. The van der Waals surface area contributed by atoms with E-state index in [-0.39, 0.29) is 5.91 Å². The van der Waals surface area contributed by atoms with Crippen molar-refractivity contribution in [2.45, 2.75) is 12.5 Å². The van der Waals surface area contributed by atoms with Gasteiger partial charge in [-0.2, -0.15) is 0 Å². The molecule has 1 aliphatic rings. The van der Waals surface area contributed by atoms with Crippen LogP contribution in [-0.2, 0) is 4.79 Å². The minimum absolute atomic E-state index is 0.0432. The largest absolute Gasteiger partial charge is 0.495 e. The molecule has 0 spiro atoms. The minimum atomic E-state index is -0.0432. The highest BCUT2D eigenvalue weighted by molar-refractivity contribution is 5.94. The Hall–Kier alpha value is -1.79. The van der Waals surface area contributed by atoms with E-state index in [4.69, 9.17) is 10.5 Å². The van der Waals surface area contributed by atoms with E-state index < -0.39 is 0 Å². The lowest BCUT2D eigenvalue weighted by Gasteiger charge is -2.20. The van der Waals surface area contributed by atoms with Crippen LogP contribution in [0.25, 0.3) is 0 Å². The molecule has 1 unspecified atom stereocenters. The number of likely N-dealkylation sites (tertiary alicyclic amines) is 1. The first-order valence-electron chi connectivity index (χ1n) is 7.11. The van der Waals surface area contributed by atoms with Crippen molar-refractivity contribution in [2.75, 3.05) is 51.9 Å². The SMILES string of the molecule is COc1ccc(N)cc1NC(=O)CN1CCC(N(C)C)C1. The second-order valence-electron chi connectivity index (χ2n) is 5.65. The van der Waals surface area contributed by atoms with Gasteiger partial charge in [0.05, 0.1) is 19.3 Å². The molecule has 0 bridgehead atoms. The van der Waals surface area contributed by atoms with E-state index in [1.807, 2.05) is 0 Å². The third-order valence-electron chi connectivity index (χ3n) is 3.84. The summed E-state index contributed by atoms with van der Waals surface area (Å²) in [5.74, 6) is 0.573. The van der Waals surface area contributed by atoms with Gasteiger partial charge in [0.1, 0.15) is 5.75 Å². The number of ether oxygens (including phenoxy) is 1. The van der Waals surface area contributed by atoms with Crippen molar-refractivity contribution in [2.24, 2.45) is 0 Å². The van der Waals surface area contributed by atoms with E-state index in [1.54, 1.807) is 25.3 Å². The standard InChI is InChI=1S/C15H24N4O2/c1-18(2)12-6-7-19(9-12)10-15(20)17-13-8-11(16)4-5-14(13)21-3/h4-5,8,12H,6-7,9-10,16H2,1-3H3,(H,17,20). The summed E-state index contributed by atoms with van der Waals surface area (Å²) in [7, 11) is 5.72. The number of methoxy groups -OCH3 is 1. The predicted molar refractivity (Wildman–Crippen MR) is 84.6 cm³/mol. The Kier molecular flexibility index (Phi) is 5.03. The fraction of sp³-hybridized carbons (Fsp3) is 0.533. The lowest BCUT2D eigenvalue weighted by Crippen LogP contribution is -2.35. The predicted octanol–water partition coefficient (Wildman–Crippen LogP) is 0.852.